The van der Waals surface area contributed by atoms with Gasteiger partial charge in [0.2, 0.25) is 0 Å². The molecule has 0 aliphatic carbocycles. The first-order valence-corrected chi connectivity index (χ1v) is 7.87. The van der Waals surface area contributed by atoms with E-state index < -0.39 is 6.09 Å². The van der Waals surface area contributed by atoms with E-state index in [0.29, 0.717) is 10.3 Å². The predicted octanol–water partition coefficient (Wildman–Crippen LogP) is 4.17. The zero-order chi connectivity index (χ0) is 16.6. The number of carboxylic acid groups (broad SMARTS) is 1. The van der Waals surface area contributed by atoms with E-state index in [2.05, 4.69) is 15.3 Å². The number of nitrogens with one attached hydrogen (secondary N) is 1. The van der Waals surface area contributed by atoms with Crippen LogP contribution in [0.3, 0.4) is 0 Å². The summed E-state index contributed by atoms with van der Waals surface area (Å²) in [4.78, 5) is 21.1. The predicted molar refractivity (Wildman–Crippen MR) is 93.8 cm³/mol. The highest BCUT2D eigenvalue weighted by Crippen LogP contribution is 2.33. The van der Waals surface area contributed by atoms with Crippen molar-refractivity contribution in [1.29, 1.82) is 0 Å². The topological polar surface area (TPSA) is 78.4 Å². The highest BCUT2D eigenvalue weighted by Gasteiger charge is 2.10. The highest BCUT2D eigenvalue weighted by molar-refractivity contribution is 7.22. The van der Waals surface area contributed by atoms with Crippen molar-refractivity contribution in [3.63, 3.8) is 0 Å². The molecule has 2 aromatic heterocycles. The monoisotopic (exact) mass is 348 g/mol. The Morgan fingerprint density at radius 3 is 2.78 bits per heavy atom. The number of rotatable bonds is 3. The molecule has 23 heavy (non-hydrogen) atoms. The third-order valence-electron chi connectivity index (χ3n) is 3.24. The van der Waals surface area contributed by atoms with E-state index in [0.717, 1.165) is 27.0 Å². The summed E-state index contributed by atoms with van der Waals surface area (Å²) in [7, 11) is 3.81. The second kappa shape index (κ2) is 6.02. The lowest BCUT2D eigenvalue weighted by atomic mass is 10.1. The number of carbonyl (C=O) groups is 1. The van der Waals surface area contributed by atoms with Gasteiger partial charge < -0.3 is 10.0 Å². The van der Waals surface area contributed by atoms with Crippen LogP contribution < -0.4 is 10.2 Å². The van der Waals surface area contributed by atoms with Crippen molar-refractivity contribution < 1.29 is 9.90 Å². The minimum absolute atomic E-state index is 0.355. The maximum atomic E-state index is 10.7. The first kappa shape index (κ1) is 15.5. The number of thiazole rings is 1. The molecule has 6 nitrogen and oxygen atoms in total. The molecule has 2 heterocycles. The standard InChI is InChI=1S/C15H13ClN4O2S/c1-20(2)11-5-9(7-17-13(11)16)8-3-4-10-12(6-8)23-14(18-10)19-15(21)22/h3-7H,1-2H3,(H,18,19)(H,21,22). The fraction of sp³-hybridized carbons (Fsp3) is 0.133. The molecule has 0 saturated heterocycles. The van der Waals surface area contributed by atoms with Gasteiger partial charge in [0.25, 0.3) is 0 Å². The van der Waals surface area contributed by atoms with Crippen LogP contribution in [0.15, 0.2) is 30.5 Å². The lowest BCUT2D eigenvalue weighted by molar-refractivity contribution is 0.210. The molecule has 1 amide bonds. The summed E-state index contributed by atoms with van der Waals surface area (Å²) in [6, 6.07) is 7.72. The minimum atomic E-state index is -1.12. The molecule has 0 unspecified atom stereocenters. The third-order valence-corrected chi connectivity index (χ3v) is 4.46. The van der Waals surface area contributed by atoms with Crippen molar-refractivity contribution in [1.82, 2.24) is 9.97 Å². The highest BCUT2D eigenvalue weighted by atomic mass is 35.5. The van der Waals surface area contributed by atoms with Gasteiger partial charge in [0.1, 0.15) is 0 Å². The fourth-order valence-electron chi connectivity index (χ4n) is 2.16. The summed E-state index contributed by atoms with van der Waals surface area (Å²) in [5, 5.41) is 11.8. The SMILES string of the molecule is CN(C)c1cc(-c2ccc3nc(NC(=O)O)sc3c2)cnc1Cl. The molecule has 0 bridgehead atoms. The molecule has 0 aliphatic rings. The van der Waals surface area contributed by atoms with Crippen molar-refractivity contribution >= 4 is 50.1 Å². The van der Waals surface area contributed by atoms with Gasteiger partial charge in [-0.25, -0.2) is 14.8 Å². The van der Waals surface area contributed by atoms with Crippen molar-refractivity contribution in [2.45, 2.75) is 0 Å². The number of halogens is 1. The van der Waals surface area contributed by atoms with Crippen molar-refractivity contribution in [3.8, 4) is 11.1 Å². The van der Waals surface area contributed by atoms with E-state index in [-0.39, 0.29) is 0 Å². The first-order valence-electron chi connectivity index (χ1n) is 6.68. The number of benzene rings is 1. The Morgan fingerprint density at radius 2 is 2.09 bits per heavy atom. The van der Waals surface area contributed by atoms with Gasteiger partial charge >= 0.3 is 6.09 Å². The van der Waals surface area contributed by atoms with E-state index in [9.17, 15) is 4.79 Å². The lowest BCUT2D eigenvalue weighted by Crippen LogP contribution is -2.09. The third kappa shape index (κ3) is 3.20. The number of aromatic nitrogens is 2. The van der Waals surface area contributed by atoms with Gasteiger partial charge in [0, 0.05) is 25.9 Å². The van der Waals surface area contributed by atoms with Crippen molar-refractivity contribution in [2.24, 2.45) is 0 Å². The molecule has 0 radical (unpaired) electrons. The molecule has 0 saturated carbocycles. The Bertz CT molecular complexity index is 894. The van der Waals surface area contributed by atoms with E-state index in [1.165, 1.54) is 11.3 Å². The van der Waals surface area contributed by atoms with Gasteiger partial charge in [-0.3, -0.25) is 5.32 Å². The molecule has 0 spiro atoms. The molecule has 8 heteroatoms. The van der Waals surface area contributed by atoms with Crippen LogP contribution in [-0.4, -0.2) is 35.3 Å². The van der Waals surface area contributed by atoms with E-state index in [4.69, 9.17) is 16.7 Å². The van der Waals surface area contributed by atoms with Crippen LogP contribution in [0.4, 0.5) is 15.6 Å². The Labute approximate surface area is 141 Å². The van der Waals surface area contributed by atoms with Crippen LogP contribution in [-0.2, 0) is 0 Å². The van der Waals surface area contributed by atoms with E-state index in [1.54, 1.807) is 6.20 Å². The zero-order valence-corrected chi connectivity index (χ0v) is 13.9. The van der Waals surface area contributed by atoms with Crippen LogP contribution in [0.1, 0.15) is 0 Å². The lowest BCUT2D eigenvalue weighted by Gasteiger charge is -2.14. The maximum absolute atomic E-state index is 10.7. The molecule has 0 aliphatic heterocycles. The largest absolute Gasteiger partial charge is 0.465 e. The van der Waals surface area contributed by atoms with Crippen LogP contribution in [0.25, 0.3) is 21.3 Å². The normalized spacial score (nSPS) is 10.7. The summed E-state index contributed by atoms with van der Waals surface area (Å²) >= 11 is 7.39. The molecular weight excluding hydrogens is 336 g/mol. The zero-order valence-electron chi connectivity index (χ0n) is 12.4. The Hall–Kier alpha value is -2.38. The van der Waals surface area contributed by atoms with Crippen molar-refractivity contribution in [2.75, 3.05) is 24.3 Å². The Morgan fingerprint density at radius 1 is 1.30 bits per heavy atom. The molecule has 118 valence electrons. The minimum Gasteiger partial charge on any atom is -0.465 e. The maximum Gasteiger partial charge on any atom is 0.410 e. The second-order valence-corrected chi connectivity index (χ2v) is 6.45. The average Bonchev–Trinajstić information content (AvgIpc) is 2.87. The summed E-state index contributed by atoms with van der Waals surface area (Å²) in [6.07, 6.45) is 0.593. The van der Waals surface area contributed by atoms with Crippen LogP contribution in [0.2, 0.25) is 5.15 Å². The molecule has 0 fully saturated rings. The molecule has 3 aromatic rings. The number of hydrogen-bond donors (Lipinski definition) is 2. The smallest absolute Gasteiger partial charge is 0.410 e. The number of amides is 1. The van der Waals surface area contributed by atoms with Gasteiger partial charge in [-0.2, -0.15) is 0 Å². The Kier molecular flexibility index (Phi) is 4.06. The van der Waals surface area contributed by atoms with Crippen LogP contribution >= 0.6 is 22.9 Å². The second-order valence-electron chi connectivity index (χ2n) is 5.06. The summed E-state index contributed by atoms with van der Waals surface area (Å²) in [5.41, 5.74) is 3.48. The van der Waals surface area contributed by atoms with Gasteiger partial charge in [-0.05, 0) is 23.8 Å². The molecule has 2 N–H and O–H groups in total. The van der Waals surface area contributed by atoms with Gasteiger partial charge in [-0.1, -0.05) is 29.0 Å². The quantitative estimate of drug-likeness (QED) is 0.694. The van der Waals surface area contributed by atoms with Crippen LogP contribution in [0, 0.1) is 0 Å². The number of anilines is 2. The van der Waals surface area contributed by atoms with Gasteiger partial charge in [0.05, 0.1) is 15.9 Å². The first-order chi connectivity index (χ1) is 10.9. The van der Waals surface area contributed by atoms with E-state index >= 15 is 0 Å². The summed E-state index contributed by atoms with van der Waals surface area (Å²) in [5.74, 6) is 0. The molecular formula is C15H13ClN4O2S. The van der Waals surface area contributed by atoms with Crippen LogP contribution in [0.5, 0.6) is 0 Å². The molecule has 0 atom stereocenters. The number of pyridine rings is 1. The number of hydrogen-bond acceptors (Lipinski definition) is 5. The number of nitrogens with zero attached hydrogens (tertiary/aromatic N) is 3. The van der Waals surface area contributed by atoms with E-state index in [1.807, 2.05) is 43.3 Å². The fourth-order valence-corrected chi connectivity index (χ4v) is 3.32. The molecule has 1 aromatic carbocycles. The average molecular weight is 349 g/mol. The van der Waals surface area contributed by atoms with Gasteiger partial charge in [-0.15, -0.1) is 0 Å². The summed E-state index contributed by atoms with van der Waals surface area (Å²) < 4.78 is 0.896. The number of fused-ring (bicyclic) bond motifs is 1. The summed E-state index contributed by atoms with van der Waals surface area (Å²) in [6.45, 7) is 0. The van der Waals surface area contributed by atoms with Crippen molar-refractivity contribution in [3.05, 3.63) is 35.6 Å². The van der Waals surface area contributed by atoms with Gasteiger partial charge in [0.15, 0.2) is 10.3 Å². The Balaban J connectivity index is 2.03. The molecule has 3 rings (SSSR count).